The van der Waals surface area contributed by atoms with Crippen molar-refractivity contribution in [1.29, 1.82) is 0 Å². The van der Waals surface area contributed by atoms with E-state index in [1.807, 2.05) is 0 Å². The number of anilines is 2. The molecule has 3 rings (SSSR count). The molecule has 1 amide bonds. The summed E-state index contributed by atoms with van der Waals surface area (Å²) in [6.45, 7) is 1.89. The van der Waals surface area contributed by atoms with Crippen molar-refractivity contribution >= 4 is 39.1 Å². The molecule has 0 radical (unpaired) electrons. The number of sulfonamides is 1. The van der Waals surface area contributed by atoms with Gasteiger partial charge in [-0.25, -0.2) is 17.2 Å². The van der Waals surface area contributed by atoms with Crippen molar-refractivity contribution in [1.82, 2.24) is 0 Å². The fourth-order valence-corrected chi connectivity index (χ4v) is 4.53. The molecule has 1 aliphatic rings. The van der Waals surface area contributed by atoms with Gasteiger partial charge in [-0.05, 0) is 30.3 Å². The van der Waals surface area contributed by atoms with Gasteiger partial charge >= 0.3 is 0 Å². The van der Waals surface area contributed by atoms with Gasteiger partial charge in [0.25, 0.3) is 10.0 Å². The van der Waals surface area contributed by atoms with Gasteiger partial charge in [-0.3, -0.25) is 9.52 Å². The largest absolute Gasteiger partial charge is 0.311 e. The Bertz CT molecular complexity index is 948. The number of nitrogens with one attached hydrogen (secondary N) is 1. The third kappa shape index (κ3) is 3.62. The highest BCUT2D eigenvalue weighted by Crippen LogP contribution is 2.36. The standard InChI is InChI=1S/C16H14F2N2O3S2/c1-10(21)20-6-7-24-16-5-3-12(9-15(16)20)25(22,23)19-14-4-2-11(17)8-13(14)18/h2-5,8-9,19H,6-7H2,1H3. The number of benzene rings is 2. The maximum absolute atomic E-state index is 13.7. The van der Waals surface area contributed by atoms with Crippen molar-refractivity contribution in [2.24, 2.45) is 0 Å². The fourth-order valence-electron chi connectivity index (χ4n) is 2.47. The molecule has 0 spiro atoms. The van der Waals surface area contributed by atoms with E-state index in [2.05, 4.69) is 4.72 Å². The Morgan fingerprint density at radius 3 is 2.64 bits per heavy atom. The van der Waals surface area contributed by atoms with Gasteiger partial charge in [0.15, 0.2) is 0 Å². The van der Waals surface area contributed by atoms with Crippen LogP contribution in [-0.2, 0) is 14.8 Å². The first-order valence-corrected chi connectivity index (χ1v) is 9.77. The van der Waals surface area contributed by atoms with E-state index in [0.717, 1.165) is 22.8 Å². The highest BCUT2D eigenvalue weighted by atomic mass is 32.2. The number of halogens is 2. The molecule has 132 valence electrons. The van der Waals surface area contributed by atoms with Gasteiger partial charge in [-0.15, -0.1) is 11.8 Å². The van der Waals surface area contributed by atoms with Crippen LogP contribution in [0.5, 0.6) is 0 Å². The number of amides is 1. The number of thioether (sulfide) groups is 1. The Morgan fingerprint density at radius 2 is 1.96 bits per heavy atom. The van der Waals surface area contributed by atoms with Gasteiger partial charge in [0.1, 0.15) is 11.6 Å². The van der Waals surface area contributed by atoms with Crippen LogP contribution in [0.3, 0.4) is 0 Å². The molecule has 0 saturated carbocycles. The summed E-state index contributed by atoms with van der Waals surface area (Å²) in [5, 5.41) is 0. The topological polar surface area (TPSA) is 66.5 Å². The van der Waals surface area contributed by atoms with E-state index < -0.39 is 21.7 Å². The van der Waals surface area contributed by atoms with Gasteiger partial charge in [0.05, 0.1) is 16.3 Å². The monoisotopic (exact) mass is 384 g/mol. The predicted octanol–water partition coefficient (Wildman–Crippen LogP) is 3.22. The van der Waals surface area contributed by atoms with Crippen LogP contribution in [0.1, 0.15) is 6.92 Å². The molecule has 0 unspecified atom stereocenters. The number of nitrogens with zero attached hydrogens (tertiary/aromatic N) is 1. The van der Waals surface area contributed by atoms with Crippen LogP contribution in [0.2, 0.25) is 0 Å². The zero-order valence-electron chi connectivity index (χ0n) is 13.1. The van der Waals surface area contributed by atoms with Crippen LogP contribution in [-0.4, -0.2) is 26.6 Å². The van der Waals surface area contributed by atoms with Crippen molar-refractivity contribution < 1.29 is 22.0 Å². The average Bonchev–Trinajstić information content (AvgIpc) is 2.56. The average molecular weight is 384 g/mol. The molecule has 9 heteroatoms. The van der Waals surface area contributed by atoms with E-state index in [-0.39, 0.29) is 16.5 Å². The lowest BCUT2D eigenvalue weighted by Gasteiger charge is -2.28. The Morgan fingerprint density at radius 1 is 1.20 bits per heavy atom. The third-order valence-electron chi connectivity index (χ3n) is 3.66. The van der Waals surface area contributed by atoms with Crippen molar-refractivity contribution in [3.8, 4) is 0 Å². The molecule has 1 N–H and O–H groups in total. The van der Waals surface area contributed by atoms with Crippen LogP contribution in [0.4, 0.5) is 20.2 Å². The van der Waals surface area contributed by atoms with Crippen LogP contribution >= 0.6 is 11.8 Å². The van der Waals surface area contributed by atoms with Crippen LogP contribution in [0, 0.1) is 11.6 Å². The zero-order chi connectivity index (χ0) is 18.2. The molecule has 2 aromatic carbocycles. The number of carbonyl (C=O) groups excluding carboxylic acids is 1. The van der Waals surface area contributed by atoms with E-state index in [4.69, 9.17) is 0 Å². The van der Waals surface area contributed by atoms with Crippen molar-refractivity contribution in [3.63, 3.8) is 0 Å². The summed E-state index contributed by atoms with van der Waals surface area (Å²) in [5.74, 6) is -1.28. The van der Waals surface area contributed by atoms with E-state index in [0.29, 0.717) is 18.3 Å². The summed E-state index contributed by atoms with van der Waals surface area (Å²) < 4.78 is 53.8. The molecule has 0 aromatic heterocycles. The maximum atomic E-state index is 13.7. The smallest absolute Gasteiger partial charge is 0.262 e. The molecule has 0 aliphatic carbocycles. The summed E-state index contributed by atoms with van der Waals surface area (Å²) in [6.07, 6.45) is 0. The molecule has 2 aromatic rings. The summed E-state index contributed by atoms with van der Waals surface area (Å²) in [5.41, 5.74) is 0.156. The zero-order valence-corrected chi connectivity index (χ0v) is 14.8. The minimum Gasteiger partial charge on any atom is -0.311 e. The number of hydrogen-bond acceptors (Lipinski definition) is 4. The van der Waals surface area contributed by atoms with E-state index >= 15 is 0 Å². The van der Waals surface area contributed by atoms with Gasteiger partial charge in [-0.2, -0.15) is 0 Å². The maximum Gasteiger partial charge on any atom is 0.262 e. The Hall–Kier alpha value is -2.13. The molecule has 1 aliphatic heterocycles. The lowest BCUT2D eigenvalue weighted by atomic mass is 10.2. The Balaban J connectivity index is 1.98. The predicted molar refractivity (Wildman–Crippen MR) is 92.4 cm³/mol. The molecule has 0 bridgehead atoms. The first-order chi connectivity index (χ1) is 11.8. The van der Waals surface area contributed by atoms with Crippen molar-refractivity contribution in [2.45, 2.75) is 16.7 Å². The second kappa shape index (κ2) is 6.64. The minimum atomic E-state index is -4.09. The van der Waals surface area contributed by atoms with E-state index in [1.165, 1.54) is 35.7 Å². The van der Waals surface area contributed by atoms with Crippen molar-refractivity contribution in [2.75, 3.05) is 21.9 Å². The lowest BCUT2D eigenvalue weighted by Crippen LogP contribution is -2.33. The summed E-state index contributed by atoms with van der Waals surface area (Å²) in [4.78, 5) is 14.0. The second-order valence-electron chi connectivity index (χ2n) is 5.38. The third-order valence-corrected chi connectivity index (χ3v) is 6.07. The van der Waals surface area contributed by atoms with E-state index in [1.54, 1.807) is 6.07 Å². The van der Waals surface area contributed by atoms with Crippen LogP contribution < -0.4 is 9.62 Å². The molecular weight excluding hydrogens is 370 g/mol. The SMILES string of the molecule is CC(=O)N1CCSc2ccc(S(=O)(=O)Nc3ccc(F)cc3F)cc21. The number of rotatable bonds is 3. The minimum absolute atomic E-state index is 0.108. The number of hydrogen-bond donors (Lipinski definition) is 1. The normalized spacial score (nSPS) is 14.1. The number of carbonyl (C=O) groups is 1. The summed E-state index contributed by atoms with van der Waals surface area (Å²) >= 11 is 1.53. The van der Waals surface area contributed by atoms with Crippen molar-refractivity contribution in [3.05, 3.63) is 48.0 Å². The molecule has 5 nitrogen and oxygen atoms in total. The highest BCUT2D eigenvalue weighted by Gasteiger charge is 2.24. The second-order valence-corrected chi connectivity index (χ2v) is 8.20. The van der Waals surface area contributed by atoms with E-state index in [9.17, 15) is 22.0 Å². The van der Waals surface area contributed by atoms with Crippen LogP contribution in [0.15, 0.2) is 46.2 Å². The lowest BCUT2D eigenvalue weighted by molar-refractivity contribution is -0.116. The van der Waals surface area contributed by atoms with Crippen LogP contribution in [0.25, 0.3) is 0 Å². The molecule has 25 heavy (non-hydrogen) atoms. The number of fused-ring (bicyclic) bond motifs is 1. The first kappa shape index (κ1) is 17.7. The Kier molecular flexibility index (Phi) is 4.70. The molecule has 0 atom stereocenters. The first-order valence-electron chi connectivity index (χ1n) is 7.31. The summed E-state index contributed by atoms with van der Waals surface area (Å²) in [7, 11) is -4.09. The van der Waals surface area contributed by atoms with Gasteiger partial charge in [0.2, 0.25) is 5.91 Å². The molecule has 0 fully saturated rings. The van der Waals surface area contributed by atoms with Gasteiger partial charge < -0.3 is 4.90 Å². The fraction of sp³-hybridized carbons (Fsp3) is 0.188. The molecular formula is C16H14F2N2O3S2. The highest BCUT2D eigenvalue weighted by molar-refractivity contribution is 7.99. The Labute approximate surface area is 148 Å². The molecule has 1 heterocycles. The quantitative estimate of drug-likeness (QED) is 0.882. The summed E-state index contributed by atoms with van der Waals surface area (Å²) in [6, 6.07) is 6.95. The molecule has 0 saturated heterocycles. The van der Waals surface area contributed by atoms with Gasteiger partial charge in [0, 0.05) is 30.2 Å². The van der Waals surface area contributed by atoms with Gasteiger partial charge in [-0.1, -0.05) is 0 Å².